The number of hydrogen-bond donors (Lipinski definition) is 2. The fraction of sp³-hybridized carbons (Fsp3) is 0.276. The number of pyridine rings is 2. The molecule has 40 heavy (non-hydrogen) atoms. The van der Waals surface area contributed by atoms with E-state index in [1.807, 2.05) is 32.0 Å². The van der Waals surface area contributed by atoms with Crippen molar-refractivity contribution in [3.63, 3.8) is 0 Å². The summed E-state index contributed by atoms with van der Waals surface area (Å²) >= 11 is 0. The minimum absolute atomic E-state index is 0.0602. The molecule has 0 aliphatic carbocycles. The summed E-state index contributed by atoms with van der Waals surface area (Å²) in [7, 11) is 3.18. The van der Waals surface area contributed by atoms with Gasteiger partial charge in [0.1, 0.15) is 12.4 Å². The van der Waals surface area contributed by atoms with Crippen molar-refractivity contribution in [2.45, 2.75) is 20.0 Å². The van der Waals surface area contributed by atoms with Gasteiger partial charge in [-0.3, -0.25) is 14.2 Å². The number of alkyl halides is 3. The van der Waals surface area contributed by atoms with Gasteiger partial charge >= 0.3 is 6.18 Å². The molecule has 0 unspecified atom stereocenters. The smallest absolute Gasteiger partial charge is 0.385 e. The van der Waals surface area contributed by atoms with Gasteiger partial charge in [-0.25, -0.2) is 4.98 Å². The third-order valence-electron chi connectivity index (χ3n) is 5.20. The van der Waals surface area contributed by atoms with E-state index >= 15 is 0 Å². The molecule has 0 radical (unpaired) electrons. The van der Waals surface area contributed by atoms with Crippen LogP contribution in [0.3, 0.4) is 0 Å². The van der Waals surface area contributed by atoms with E-state index in [9.17, 15) is 22.8 Å². The second-order valence-corrected chi connectivity index (χ2v) is 8.07. The van der Waals surface area contributed by atoms with Gasteiger partial charge < -0.3 is 20.1 Å². The highest BCUT2D eigenvalue weighted by molar-refractivity contribution is 5.84. The predicted molar refractivity (Wildman–Crippen MR) is 150 cm³/mol. The van der Waals surface area contributed by atoms with Crippen LogP contribution in [-0.2, 0) is 20.4 Å². The molecular weight excluding hydrogens is 525 g/mol. The standard InChI is InChI=1S/C21H14F3N3O.C5H11NO2.C3H8O/c22-21(23,24)16-11-12-25-20-19(16)17(28)13-18(26-14-7-3-1-4-8-14)27(20)15-9-5-2-6-10-15;1-3-6-5(7)4-8-2;1-3-4-2/h1-13,26H;3-4H2,1-2H3,(H,6,7);3H2,1-2H3. The SMILES string of the molecule is CCNC(=O)COC.CCOC.O=c1cc(Nc2ccccc2)n(-c2ccccc2)c2nccc(C(F)(F)F)c12. The van der Waals surface area contributed by atoms with E-state index in [0.717, 1.165) is 18.9 Å². The molecule has 4 rings (SSSR count). The monoisotopic (exact) mass is 558 g/mol. The molecule has 0 saturated carbocycles. The van der Waals surface area contributed by atoms with E-state index in [0.29, 0.717) is 23.7 Å². The van der Waals surface area contributed by atoms with Gasteiger partial charge in [-0.1, -0.05) is 36.4 Å². The van der Waals surface area contributed by atoms with Gasteiger partial charge in [-0.2, -0.15) is 13.2 Å². The van der Waals surface area contributed by atoms with Crippen LogP contribution in [0, 0.1) is 0 Å². The number of nitrogens with one attached hydrogen (secondary N) is 2. The molecule has 2 heterocycles. The predicted octanol–water partition coefficient (Wildman–Crippen LogP) is 5.57. The highest BCUT2D eigenvalue weighted by atomic mass is 19.4. The van der Waals surface area contributed by atoms with Crippen LogP contribution in [0.25, 0.3) is 16.7 Å². The number of para-hydroxylation sites is 2. The van der Waals surface area contributed by atoms with Gasteiger partial charge in [0, 0.05) is 51.0 Å². The lowest BCUT2D eigenvalue weighted by atomic mass is 10.1. The van der Waals surface area contributed by atoms with Gasteiger partial charge in [0.15, 0.2) is 11.1 Å². The number of rotatable bonds is 7. The van der Waals surface area contributed by atoms with Gasteiger partial charge in [0.2, 0.25) is 5.91 Å². The van der Waals surface area contributed by atoms with Crippen LogP contribution in [0.1, 0.15) is 19.4 Å². The summed E-state index contributed by atoms with van der Waals surface area (Å²) in [5, 5.41) is 5.23. The summed E-state index contributed by atoms with van der Waals surface area (Å²) in [6.45, 7) is 5.48. The largest absolute Gasteiger partial charge is 0.417 e. The lowest BCUT2D eigenvalue weighted by Gasteiger charge is -2.19. The molecule has 2 aromatic carbocycles. The van der Waals surface area contributed by atoms with Gasteiger partial charge in [0.05, 0.1) is 10.9 Å². The van der Waals surface area contributed by atoms with Gasteiger partial charge in [0.25, 0.3) is 0 Å². The number of aromatic nitrogens is 2. The third kappa shape index (κ3) is 9.21. The van der Waals surface area contributed by atoms with Crippen molar-refractivity contribution in [2.75, 3.05) is 39.3 Å². The molecule has 0 saturated heterocycles. The number of nitrogens with zero attached hydrogens (tertiary/aromatic N) is 2. The summed E-state index contributed by atoms with van der Waals surface area (Å²) in [5.41, 5.74) is -0.540. The fourth-order valence-electron chi connectivity index (χ4n) is 3.45. The number of halogens is 3. The van der Waals surface area contributed by atoms with E-state index in [2.05, 4.69) is 25.1 Å². The Bertz CT molecular complexity index is 1390. The number of ether oxygens (including phenoxy) is 2. The number of benzene rings is 2. The topological polar surface area (TPSA) is 94.5 Å². The summed E-state index contributed by atoms with van der Waals surface area (Å²) < 4.78 is 51.1. The Morgan fingerprint density at radius 1 is 0.950 bits per heavy atom. The maximum atomic E-state index is 13.5. The van der Waals surface area contributed by atoms with Crippen molar-refractivity contribution in [2.24, 2.45) is 0 Å². The van der Waals surface area contributed by atoms with Gasteiger partial charge in [-0.15, -0.1) is 0 Å². The molecule has 2 N–H and O–H groups in total. The summed E-state index contributed by atoms with van der Waals surface area (Å²) in [6, 6.07) is 19.8. The van der Waals surface area contributed by atoms with Crippen LogP contribution < -0.4 is 16.1 Å². The average molecular weight is 559 g/mol. The first-order valence-electron chi connectivity index (χ1n) is 12.4. The Balaban J connectivity index is 0.000000394. The van der Waals surface area contributed by atoms with Crippen LogP contribution in [0.5, 0.6) is 0 Å². The lowest BCUT2D eigenvalue weighted by Crippen LogP contribution is -2.26. The van der Waals surface area contributed by atoms with Crippen molar-refractivity contribution in [1.29, 1.82) is 0 Å². The van der Waals surface area contributed by atoms with Crippen molar-refractivity contribution in [3.05, 3.63) is 94.8 Å². The van der Waals surface area contributed by atoms with Crippen molar-refractivity contribution in [1.82, 2.24) is 14.9 Å². The van der Waals surface area contributed by atoms with E-state index in [1.165, 1.54) is 17.7 Å². The first-order chi connectivity index (χ1) is 19.2. The molecule has 214 valence electrons. The molecule has 0 fully saturated rings. The Kier molecular flexibility index (Phi) is 12.8. The first-order valence-corrected chi connectivity index (χ1v) is 12.4. The minimum Gasteiger partial charge on any atom is -0.385 e. The molecule has 0 bridgehead atoms. The fourth-order valence-corrected chi connectivity index (χ4v) is 3.45. The zero-order valence-corrected chi connectivity index (χ0v) is 22.8. The molecule has 0 aliphatic heterocycles. The Labute approximate surface area is 230 Å². The molecule has 11 heteroatoms. The highest BCUT2D eigenvalue weighted by Gasteiger charge is 2.34. The maximum Gasteiger partial charge on any atom is 0.417 e. The maximum absolute atomic E-state index is 13.5. The normalized spacial score (nSPS) is 10.6. The van der Waals surface area contributed by atoms with Crippen molar-refractivity contribution >= 4 is 28.4 Å². The van der Waals surface area contributed by atoms with Crippen LogP contribution in [0.2, 0.25) is 0 Å². The molecule has 0 atom stereocenters. The lowest BCUT2D eigenvalue weighted by molar-refractivity contribution is -0.136. The van der Waals surface area contributed by atoms with Crippen molar-refractivity contribution in [3.8, 4) is 5.69 Å². The van der Waals surface area contributed by atoms with E-state index < -0.39 is 22.6 Å². The second kappa shape index (κ2) is 16.0. The van der Waals surface area contributed by atoms with Crippen LogP contribution in [0.4, 0.5) is 24.7 Å². The molecule has 2 aromatic heterocycles. The number of fused-ring (bicyclic) bond motifs is 1. The van der Waals surface area contributed by atoms with E-state index in [4.69, 9.17) is 0 Å². The number of carbonyl (C=O) groups is 1. The molecule has 0 aliphatic rings. The van der Waals surface area contributed by atoms with E-state index in [1.54, 1.807) is 49.6 Å². The molecule has 4 aromatic rings. The van der Waals surface area contributed by atoms with Crippen LogP contribution in [0.15, 0.2) is 83.8 Å². The average Bonchev–Trinajstić information content (AvgIpc) is 2.94. The summed E-state index contributed by atoms with van der Waals surface area (Å²) in [4.78, 5) is 27.2. The molecule has 8 nitrogen and oxygen atoms in total. The second-order valence-electron chi connectivity index (χ2n) is 8.07. The number of carbonyl (C=O) groups excluding carboxylic acids is 1. The quantitative estimate of drug-likeness (QED) is 0.308. The molecule has 0 spiro atoms. The Morgan fingerprint density at radius 3 is 2.08 bits per heavy atom. The van der Waals surface area contributed by atoms with Crippen LogP contribution >= 0.6 is 0 Å². The minimum atomic E-state index is -4.66. The molecule has 1 amide bonds. The summed E-state index contributed by atoms with van der Waals surface area (Å²) in [5.74, 6) is 0.261. The number of amides is 1. The Morgan fingerprint density at radius 2 is 1.55 bits per heavy atom. The molecular formula is C29H33F3N4O4. The first kappa shape index (κ1) is 32.0. The number of methoxy groups -OCH3 is 2. The Hall–Kier alpha value is -4.22. The third-order valence-corrected chi connectivity index (χ3v) is 5.20. The van der Waals surface area contributed by atoms with Gasteiger partial charge in [-0.05, 0) is 44.2 Å². The zero-order chi connectivity index (χ0) is 29.5. The summed E-state index contributed by atoms with van der Waals surface area (Å²) in [6.07, 6.45) is -3.60. The van der Waals surface area contributed by atoms with Crippen LogP contribution in [-0.4, -0.2) is 49.4 Å². The number of anilines is 2. The zero-order valence-electron chi connectivity index (χ0n) is 22.8. The number of hydrogen-bond acceptors (Lipinski definition) is 6. The number of likely N-dealkylation sites (N-methyl/N-ethyl adjacent to an activating group) is 1. The van der Waals surface area contributed by atoms with E-state index in [-0.39, 0.29) is 18.2 Å². The van der Waals surface area contributed by atoms with Crippen molar-refractivity contribution < 1.29 is 27.4 Å². The highest BCUT2D eigenvalue weighted by Crippen LogP contribution is 2.34.